The van der Waals surface area contributed by atoms with Crippen LogP contribution in [0.3, 0.4) is 0 Å². The number of carbonyl (C=O) groups is 1. The Morgan fingerprint density at radius 1 is 1.03 bits per heavy atom. The zero-order valence-corrected chi connectivity index (χ0v) is 21.8. The lowest BCUT2D eigenvalue weighted by molar-refractivity contribution is -0.120. The van der Waals surface area contributed by atoms with Gasteiger partial charge in [0.2, 0.25) is 0 Å². The maximum Gasteiger partial charge on any atom is 0.163 e. The number of halogens is 1. The number of aromatic nitrogens is 2. The first-order valence-corrected chi connectivity index (χ1v) is 13.1. The number of anilines is 4. The van der Waals surface area contributed by atoms with Crippen LogP contribution in [0, 0.1) is 5.92 Å². The molecule has 4 heterocycles. The molecule has 3 aliphatic heterocycles. The van der Waals surface area contributed by atoms with Crippen LogP contribution in [-0.2, 0) is 11.3 Å². The Kier molecular flexibility index (Phi) is 8.06. The Morgan fingerprint density at radius 2 is 1.76 bits per heavy atom. The van der Waals surface area contributed by atoms with Crippen molar-refractivity contribution >= 4 is 40.4 Å². The molecule has 0 atom stereocenters. The first kappa shape index (κ1) is 25.3. The molecule has 0 amide bonds. The molecule has 1 aromatic heterocycles. The van der Waals surface area contributed by atoms with Gasteiger partial charge in [-0.2, -0.15) is 0 Å². The lowest BCUT2D eigenvalue weighted by Crippen LogP contribution is -2.34. The molecule has 0 unspecified atom stereocenters. The summed E-state index contributed by atoms with van der Waals surface area (Å²) in [5.41, 5.74) is 2.78. The van der Waals surface area contributed by atoms with Crippen molar-refractivity contribution in [1.82, 2.24) is 14.9 Å². The number of fused-ring (bicyclic) bond motifs is 7. The molecule has 2 aromatic carbocycles. The molecule has 8 nitrogen and oxygen atoms in total. The Hall–Kier alpha value is -3.36. The van der Waals surface area contributed by atoms with Gasteiger partial charge >= 0.3 is 0 Å². The second-order valence-corrected chi connectivity index (χ2v) is 10.0. The molecule has 1 saturated heterocycles. The molecule has 3 aliphatic rings. The van der Waals surface area contributed by atoms with Crippen molar-refractivity contribution < 1.29 is 14.3 Å². The van der Waals surface area contributed by atoms with Gasteiger partial charge in [-0.3, -0.25) is 9.69 Å². The molecule has 8 bridgehead atoms. The van der Waals surface area contributed by atoms with Crippen molar-refractivity contribution in [3.05, 3.63) is 59.4 Å². The number of carbonyl (C=O) groups excluding carboxylic acids is 1. The molecule has 0 saturated carbocycles. The van der Waals surface area contributed by atoms with Crippen LogP contribution >= 0.6 is 11.6 Å². The lowest BCUT2D eigenvalue weighted by atomic mass is 9.90. The summed E-state index contributed by atoms with van der Waals surface area (Å²) in [5.74, 6) is 3.33. The summed E-state index contributed by atoms with van der Waals surface area (Å²) >= 11 is 6.55. The van der Waals surface area contributed by atoms with Crippen molar-refractivity contribution in [2.24, 2.45) is 5.92 Å². The number of hydrogen-bond donors (Lipinski definition) is 2. The molecular formula is C28H32ClN5O3. The second kappa shape index (κ2) is 11.8. The van der Waals surface area contributed by atoms with Crippen molar-refractivity contribution in [2.75, 3.05) is 37.4 Å². The van der Waals surface area contributed by atoms with E-state index in [0.717, 1.165) is 54.4 Å². The van der Waals surface area contributed by atoms with E-state index in [2.05, 4.69) is 31.6 Å². The Labute approximate surface area is 222 Å². The van der Waals surface area contributed by atoms with E-state index < -0.39 is 0 Å². The van der Waals surface area contributed by atoms with E-state index in [-0.39, 0.29) is 0 Å². The molecule has 6 rings (SSSR count). The van der Waals surface area contributed by atoms with Gasteiger partial charge in [-0.25, -0.2) is 9.97 Å². The number of ether oxygens (including phenoxy) is 2. The van der Waals surface area contributed by atoms with Crippen LogP contribution in [0.15, 0.2) is 48.8 Å². The Balaban J connectivity index is 1.41. The van der Waals surface area contributed by atoms with Gasteiger partial charge in [-0.05, 0) is 74.2 Å². The number of hydrogen-bond acceptors (Lipinski definition) is 8. The maximum absolute atomic E-state index is 12.6. The molecular weight excluding hydrogens is 490 g/mol. The van der Waals surface area contributed by atoms with E-state index in [1.807, 2.05) is 36.4 Å². The van der Waals surface area contributed by atoms with Crippen LogP contribution in [0.25, 0.3) is 0 Å². The van der Waals surface area contributed by atoms with E-state index >= 15 is 0 Å². The Morgan fingerprint density at radius 3 is 2.51 bits per heavy atom. The molecule has 194 valence electrons. The van der Waals surface area contributed by atoms with Gasteiger partial charge in [0.05, 0.1) is 13.7 Å². The predicted molar refractivity (Wildman–Crippen MR) is 145 cm³/mol. The summed E-state index contributed by atoms with van der Waals surface area (Å²) in [5, 5.41) is 7.43. The zero-order valence-electron chi connectivity index (χ0n) is 21.0. The topological polar surface area (TPSA) is 88.6 Å². The van der Waals surface area contributed by atoms with Crippen molar-refractivity contribution in [2.45, 2.75) is 38.6 Å². The van der Waals surface area contributed by atoms with Crippen molar-refractivity contribution in [3.8, 4) is 11.5 Å². The second-order valence-electron chi connectivity index (χ2n) is 9.62. The minimum absolute atomic E-state index is 0.313. The predicted octanol–water partition coefficient (Wildman–Crippen LogP) is 5.97. The Bertz CT molecular complexity index is 1250. The first-order valence-electron chi connectivity index (χ1n) is 12.7. The maximum atomic E-state index is 12.6. The highest BCUT2D eigenvalue weighted by atomic mass is 35.5. The molecule has 0 radical (unpaired) electrons. The highest BCUT2D eigenvalue weighted by Crippen LogP contribution is 2.32. The average molecular weight is 522 g/mol. The molecule has 0 spiro atoms. The first-order chi connectivity index (χ1) is 18.1. The summed E-state index contributed by atoms with van der Waals surface area (Å²) < 4.78 is 11.5. The van der Waals surface area contributed by atoms with E-state index in [0.29, 0.717) is 60.7 Å². The van der Waals surface area contributed by atoms with Crippen LogP contribution in [-0.4, -0.2) is 47.5 Å². The number of rotatable bonds is 1. The van der Waals surface area contributed by atoms with Crippen LogP contribution < -0.4 is 20.1 Å². The highest BCUT2D eigenvalue weighted by molar-refractivity contribution is 6.31. The summed E-state index contributed by atoms with van der Waals surface area (Å²) in [6.07, 6.45) is 5.42. The monoisotopic (exact) mass is 521 g/mol. The fraction of sp³-hybridized carbons (Fsp3) is 0.393. The van der Waals surface area contributed by atoms with Crippen molar-refractivity contribution in [1.29, 1.82) is 0 Å². The number of benzene rings is 2. The van der Waals surface area contributed by atoms with Gasteiger partial charge in [0.15, 0.2) is 11.5 Å². The summed E-state index contributed by atoms with van der Waals surface area (Å²) in [7, 11) is 1.61. The minimum Gasteiger partial charge on any atom is -0.493 e. The fourth-order valence-electron chi connectivity index (χ4n) is 4.90. The number of nitrogens with one attached hydrogen (secondary N) is 2. The summed E-state index contributed by atoms with van der Waals surface area (Å²) in [6.45, 7) is 3.16. The number of Topliss-reactive ketones (excluding diaryl/α,β-unsaturated/α-hetero) is 1. The van der Waals surface area contributed by atoms with E-state index in [9.17, 15) is 4.79 Å². The minimum atomic E-state index is 0.313. The van der Waals surface area contributed by atoms with E-state index in [4.69, 9.17) is 21.1 Å². The third kappa shape index (κ3) is 6.70. The zero-order chi connectivity index (χ0) is 25.6. The lowest BCUT2D eigenvalue weighted by Gasteiger charge is -2.32. The van der Waals surface area contributed by atoms with Gasteiger partial charge in [-0.15, -0.1) is 0 Å². The number of methoxy groups -OCH3 is 1. The summed E-state index contributed by atoms with van der Waals surface area (Å²) in [4.78, 5) is 23.8. The molecule has 9 heteroatoms. The van der Waals surface area contributed by atoms with Crippen LogP contribution in [0.4, 0.5) is 23.0 Å². The summed E-state index contributed by atoms with van der Waals surface area (Å²) in [6, 6.07) is 13.4. The standard InChI is InChI=1S/C28H32ClN5O3/c1-36-25-7-5-22-15-26(25)37-12-2-3-23(35)13-19-8-10-34(11-9-19)17-20-14-21(4-6-24(20)29)32-27-16-28(33-22)31-18-30-27/h4-7,14-16,18-19H,2-3,8-13,17H2,1H3,(H2,30,31,32,33). The highest BCUT2D eigenvalue weighted by Gasteiger charge is 2.22. The van der Waals surface area contributed by atoms with Gasteiger partial charge in [-0.1, -0.05) is 11.6 Å². The third-order valence-corrected chi connectivity index (χ3v) is 7.26. The number of ketones is 1. The smallest absolute Gasteiger partial charge is 0.163 e. The molecule has 2 N–H and O–H groups in total. The molecule has 37 heavy (non-hydrogen) atoms. The van der Waals surface area contributed by atoms with Crippen LogP contribution in [0.5, 0.6) is 11.5 Å². The third-order valence-electron chi connectivity index (χ3n) is 6.90. The number of nitrogens with zero attached hydrogens (tertiary/aromatic N) is 3. The van der Waals surface area contributed by atoms with Gasteiger partial charge in [0.1, 0.15) is 23.7 Å². The molecule has 3 aromatic rings. The molecule has 0 aliphatic carbocycles. The van der Waals surface area contributed by atoms with E-state index in [1.165, 1.54) is 6.33 Å². The van der Waals surface area contributed by atoms with Crippen molar-refractivity contribution in [3.63, 3.8) is 0 Å². The number of piperidine rings is 1. The largest absolute Gasteiger partial charge is 0.493 e. The average Bonchev–Trinajstić information content (AvgIpc) is 2.90. The van der Waals surface area contributed by atoms with Gasteiger partial charge < -0.3 is 20.1 Å². The molecule has 1 fully saturated rings. The van der Waals surface area contributed by atoms with Crippen LogP contribution in [0.1, 0.15) is 37.7 Å². The normalized spacial score (nSPS) is 20.4. The fourth-order valence-corrected chi connectivity index (χ4v) is 5.07. The van der Waals surface area contributed by atoms with Gasteiger partial charge in [0, 0.05) is 47.9 Å². The quantitative estimate of drug-likeness (QED) is 0.405. The van der Waals surface area contributed by atoms with Crippen LogP contribution in [0.2, 0.25) is 5.02 Å². The van der Waals surface area contributed by atoms with E-state index in [1.54, 1.807) is 7.11 Å². The SMILES string of the molecule is COc1ccc2cc1OCCCC(=O)CC1CCN(CC1)Cc1cc(ccc1Cl)Nc1cc(ncn1)N2. The van der Waals surface area contributed by atoms with Gasteiger partial charge in [0.25, 0.3) is 0 Å².